The van der Waals surface area contributed by atoms with Crippen molar-refractivity contribution in [3.8, 4) is 0 Å². The van der Waals surface area contributed by atoms with Crippen LogP contribution in [0.2, 0.25) is 0 Å². The average Bonchev–Trinajstić information content (AvgIpc) is 1.87. The molecule has 0 rings (SSSR count). The van der Waals surface area contributed by atoms with Gasteiger partial charge in [-0.2, -0.15) is 0 Å². The second kappa shape index (κ2) is 4.42. The zero-order valence-electron chi connectivity index (χ0n) is 6.82. The summed E-state index contributed by atoms with van der Waals surface area (Å²) >= 11 is 0. The standard InChI is InChI=1S/C8H16O/c1-5-6-7(2)8(3)9-4/h5-6H2,1-4H3/b8-7-. The molecule has 0 atom stereocenters. The molecule has 0 aromatic rings. The minimum absolute atomic E-state index is 1.07. The van der Waals surface area contributed by atoms with E-state index in [0.29, 0.717) is 0 Å². The van der Waals surface area contributed by atoms with Gasteiger partial charge < -0.3 is 4.74 Å². The molecule has 1 heteroatoms. The van der Waals surface area contributed by atoms with Crippen LogP contribution in [0.3, 0.4) is 0 Å². The second-order valence-electron chi connectivity index (χ2n) is 2.29. The number of ether oxygens (including phenoxy) is 1. The van der Waals surface area contributed by atoms with Gasteiger partial charge >= 0.3 is 0 Å². The quantitative estimate of drug-likeness (QED) is 0.531. The molecule has 0 bridgehead atoms. The molecular weight excluding hydrogens is 112 g/mol. The third-order valence-electron chi connectivity index (χ3n) is 1.53. The lowest BCUT2D eigenvalue weighted by molar-refractivity contribution is 0.287. The van der Waals surface area contributed by atoms with Gasteiger partial charge in [0.05, 0.1) is 12.9 Å². The Kier molecular flexibility index (Phi) is 4.20. The van der Waals surface area contributed by atoms with Crippen molar-refractivity contribution in [3.63, 3.8) is 0 Å². The summed E-state index contributed by atoms with van der Waals surface area (Å²) in [5.74, 6) is 1.07. The molecule has 0 saturated heterocycles. The topological polar surface area (TPSA) is 9.23 Å². The van der Waals surface area contributed by atoms with E-state index in [9.17, 15) is 0 Å². The molecule has 0 aromatic heterocycles. The van der Waals surface area contributed by atoms with Gasteiger partial charge in [0.1, 0.15) is 0 Å². The summed E-state index contributed by atoms with van der Waals surface area (Å²) in [5, 5.41) is 0. The molecule has 0 amide bonds. The zero-order valence-corrected chi connectivity index (χ0v) is 6.82. The van der Waals surface area contributed by atoms with Crippen molar-refractivity contribution in [2.75, 3.05) is 7.11 Å². The highest BCUT2D eigenvalue weighted by atomic mass is 16.5. The smallest absolute Gasteiger partial charge is 0.0913 e. The van der Waals surface area contributed by atoms with Crippen LogP contribution in [-0.2, 0) is 4.74 Å². The van der Waals surface area contributed by atoms with Gasteiger partial charge in [-0.25, -0.2) is 0 Å². The van der Waals surface area contributed by atoms with Gasteiger partial charge in [0.2, 0.25) is 0 Å². The highest BCUT2D eigenvalue weighted by Gasteiger charge is 1.92. The first-order chi connectivity index (χ1) is 4.22. The lowest BCUT2D eigenvalue weighted by atomic mass is 10.1. The fourth-order valence-corrected chi connectivity index (χ4v) is 0.725. The van der Waals surface area contributed by atoms with E-state index in [0.717, 1.165) is 12.2 Å². The summed E-state index contributed by atoms with van der Waals surface area (Å²) in [4.78, 5) is 0. The molecule has 0 spiro atoms. The third-order valence-corrected chi connectivity index (χ3v) is 1.53. The number of allylic oxidation sites excluding steroid dienone is 2. The van der Waals surface area contributed by atoms with Crippen molar-refractivity contribution in [1.82, 2.24) is 0 Å². The van der Waals surface area contributed by atoms with Gasteiger partial charge in [-0.15, -0.1) is 0 Å². The Labute approximate surface area is 57.7 Å². The molecule has 1 nitrogen and oxygen atoms in total. The predicted octanol–water partition coefficient (Wildman–Crippen LogP) is 2.73. The molecule has 0 aliphatic carbocycles. The normalized spacial score (nSPS) is 12.9. The second-order valence-corrected chi connectivity index (χ2v) is 2.29. The molecule has 0 fully saturated rings. The summed E-state index contributed by atoms with van der Waals surface area (Å²) < 4.78 is 5.04. The van der Waals surface area contributed by atoms with Crippen molar-refractivity contribution < 1.29 is 4.74 Å². The maximum atomic E-state index is 5.04. The van der Waals surface area contributed by atoms with Crippen LogP contribution >= 0.6 is 0 Å². The first kappa shape index (κ1) is 8.54. The molecule has 0 saturated carbocycles. The van der Waals surface area contributed by atoms with Gasteiger partial charge in [-0.05, 0) is 25.8 Å². The first-order valence-electron chi connectivity index (χ1n) is 3.42. The highest BCUT2D eigenvalue weighted by Crippen LogP contribution is 2.09. The number of methoxy groups -OCH3 is 1. The lowest BCUT2D eigenvalue weighted by Crippen LogP contribution is -1.85. The van der Waals surface area contributed by atoms with Crippen LogP contribution in [0.1, 0.15) is 33.6 Å². The monoisotopic (exact) mass is 128 g/mol. The van der Waals surface area contributed by atoms with E-state index in [1.54, 1.807) is 7.11 Å². The van der Waals surface area contributed by atoms with Crippen molar-refractivity contribution in [3.05, 3.63) is 11.3 Å². The van der Waals surface area contributed by atoms with Crippen LogP contribution in [-0.4, -0.2) is 7.11 Å². The van der Waals surface area contributed by atoms with Crippen molar-refractivity contribution in [2.24, 2.45) is 0 Å². The van der Waals surface area contributed by atoms with E-state index in [-0.39, 0.29) is 0 Å². The van der Waals surface area contributed by atoms with E-state index in [2.05, 4.69) is 13.8 Å². The van der Waals surface area contributed by atoms with Gasteiger partial charge in [0.25, 0.3) is 0 Å². The summed E-state index contributed by atoms with van der Waals surface area (Å²) in [7, 11) is 1.72. The maximum Gasteiger partial charge on any atom is 0.0913 e. The van der Waals surface area contributed by atoms with Crippen LogP contribution in [0.25, 0.3) is 0 Å². The maximum absolute atomic E-state index is 5.04. The Balaban J connectivity index is 3.78. The lowest BCUT2D eigenvalue weighted by Gasteiger charge is -2.03. The number of hydrogen-bond acceptors (Lipinski definition) is 1. The molecule has 0 heterocycles. The molecule has 0 N–H and O–H groups in total. The van der Waals surface area contributed by atoms with E-state index in [4.69, 9.17) is 4.74 Å². The Bertz CT molecular complexity index is 103. The molecule has 0 aliphatic heterocycles. The zero-order chi connectivity index (χ0) is 7.28. The SMILES string of the molecule is CCC/C(C)=C(/C)OC. The molecule has 0 aliphatic rings. The summed E-state index contributed by atoms with van der Waals surface area (Å²) in [5.41, 5.74) is 1.36. The minimum Gasteiger partial charge on any atom is -0.501 e. The molecule has 54 valence electrons. The van der Waals surface area contributed by atoms with Crippen molar-refractivity contribution in [1.29, 1.82) is 0 Å². The number of rotatable bonds is 3. The van der Waals surface area contributed by atoms with Gasteiger partial charge in [-0.3, -0.25) is 0 Å². The fraction of sp³-hybridized carbons (Fsp3) is 0.750. The molecule has 0 unspecified atom stereocenters. The van der Waals surface area contributed by atoms with E-state index < -0.39 is 0 Å². The Morgan fingerprint density at radius 2 is 1.89 bits per heavy atom. The summed E-state index contributed by atoms with van der Waals surface area (Å²) in [6, 6.07) is 0. The Morgan fingerprint density at radius 1 is 1.33 bits per heavy atom. The third kappa shape index (κ3) is 3.17. The van der Waals surface area contributed by atoms with Crippen LogP contribution in [0, 0.1) is 0 Å². The van der Waals surface area contributed by atoms with Gasteiger partial charge in [-0.1, -0.05) is 13.3 Å². The Morgan fingerprint density at radius 3 is 2.22 bits per heavy atom. The predicted molar refractivity (Wildman–Crippen MR) is 40.3 cm³/mol. The van der Waals surface area contributed by atoms with Crippen LogP contribution in [0.4, 0.5) is 0 Å². The van der Waals surface area contributed by atoms with E-state index >= 15 is 0 Å². The van der Waals surface area contributed by atoms with Crippen molar-refractivity contribution >= 4 is 0 Å². The average molecular weight is 128 g/mol. The Hall–Kier alpha value is -0.460. The first-order valence-corrected chi connectivity index (χ1v) is 3.42. The molecule has 0 aromatic carbocycles. The van der Waals surface area contributed by atoms with E-state index in [1.807, 2.05) is 6.92 Å². The highest BCUT2D eigenvalue weighted by molar-refractivity contribution is 5.02. The van der Waals surface area contributed by atoms with Gasteiger partial charge in [0, 0.05) is 0 Å². The van der Waals surface area contributed by atoms with Crippen LogP contribution in [0.5, 0.6) is 0 Å². The largest absolute Gasteiger partial charge is 0.501 e. The summed E-state index contributed by atoms with van der Waals surface area (Å²) in [6.07, 6.45) is 2.35. The molecular formula is C8H16O. The fourth-order valence-electron chi connectivity index (χ4n) is 0.725. The van der Waals surface area contributed by atoms with Crippen LogP contribution < -0.4 is 0 Å². The number of hydrogen-bond donors (Lipinski definition) is 0. The van der Waals surface area contributed by atoms with E-state index in [1.165, 1.54) is 12.0 Å². The van der Waals surface area contributed by atoms with Crippen molar-refractivity contribution in [2.45, 2.75) is 33.6 Å². The molecule has 0 radical (unpaired) electrons. The minimum atomic E-state index is 1.07. The van der Waals surface area contributed by atoms with Gasteiger partial charge in [0.15, 0.2) is 0 Å². The van der Waals surface area contributed by atoms with Crippen LogP contribution in [0.15, 0.2) is 11.3 Å². The molecule has 9 heavy (non-hydrogen) atoms. The summed E-state index contributed by atoms with van der Waals surface area (Å²) in [6.45, 7) is 6.29.